The Bertz CT molecular complexity index is 3540. The summed E-state index contributed by atoms with van der Waals surface area (Å²) in [5.41, 5.74) is 24.9. The second-order valence-electron chi connectivity index (χ2n) is 17.3. The van der Waals surface area contributed by atoms with E-state index in [0.717, 1.165) is 22.5 Å². The summed E-state index contributed by atoms with van der Waals surface area (Å²) in [6.45, 7) is 2.21. The smallest absolute Gasteiger partial charge is 0.0744 e. The van der Waals surface area contributed by atoms with Crippen LogP contribution in [-0.4, -0.2) is 9.55 Å². The molecule has 2 aliphatic rings. The zero-order valence-electron chi connectivity index (χ0n) is 35.4. The maximum absolute atomic E-state index is 5.56. The van der Waals surface area contributed by atoms with Gasteiger partial charge in [0.05, 0.1) is 22.4 Å². The molecule has 2 aromatic heterocycles. The van der Waals surface area contributed by atoms with Crippen LogP contribution in [0.3, 0.4) is 0 Å². The lowest BCUT2D eigenvalue weighted by Gasteiger charge is -2.22. The Morgan fingerprint density at radius 2 is 0.984 bits per heavy atom. The van der Waals surface area contributed by atoms with Crippen molar-refractivity contribution in [2.45, 2.75) is 18.8 Å². The van der Waals surface area contributed by atoms with E-state index in [2.05, 4.69) is 236 Å². The van der Waals surface area contributed by atoms with Crippen molar-refractivity contribution in [3.05, 3.63) is 263 Å². The zero-order chi connectivity index (χ0) is 42.3. The van der Waals surface area contributed by atoms with Crippen LogP contribution < -0.4 is 0 Å². The monoisotopic (exact) mass is 814 g/mol. The summed E-state index contributed by atoms with van der Waals surface area (Å²) in [6.07, 6.45) is 0. The molecular formula is C62H42N2. The minimum absolute atomic E-state index is 0.0105. The molecule has 2 heterocycles. The van der Waals surface area contributed by atoms with E-state index in [9.17, 15) is 0 Å². The molecule has 0 amide bonds. The number of hydrogen-bond acceptors (Lipinski definition) is 1. The molecule has 0 radical (unpaired) electrons. The highest BCUT2D eigenvalue weighted by molar-refractivity contribution is 6.15. The molecule has 0 N–H and O–H groups in total. The van der Waals surface area contributed by atoms with Crippen LogP contribution in [-0.2, 0) is 0 Å². The highest BCUT2D eigenvalue weighted by Gasteiger charge is 2.41. The minimum Gasteiger partial charge on any atom is -0.309 e. The van der Waals surface area contributed by atoms with Crippen molar-refractivity contribution in [3.63, 3.8) is 0 Å². The summed E-state index contributed by atoms with van der Waals surface area (Å²) in [7, 11) is 0. The number of para-hydroxylation sites is 2. The Balaban J connectivity index is 1.06. The van der Waals surface area contributed by atoms with Crippen LogP contribution in [0.4, 0.5) is 0 Å². The van der Waals surface area contributed by atoms with Crippen molar-refractivity contribution in [1.29, 1.82) is 0 Å². The molecule has 64 heavy (non-hydrogen) atoms. The second-order valence-corrected chi connectivity index (χ2v) is 17.3. The average molecular weight is 815 g/mol. The normalized spacial score (nSPS) is 14.6. The fourth-order valence-electron chi connectivity index (χ4n) is 11.3. The zero-order valence-corrected chi connectivity index (χ0v) is 35.4. The molecule has 0 saturated carbocycles. The molecule has 0 fully saturated rings. The van der Waals surface area contributed by atoms with E-state index in [1.165, 1.54) is 99.8 Å². The van der Waals surface area contributed by atoms with Crippen molar-refractivity contribution in [2.24, 2.45) is 0 Å². The highest BCUT2D eigenvalue weighted by Crippen LogP contribution is 2.60. The first-order valence-electron chi connectivity index (χ1n) is 22.4. The topological polar surface area (TPSA) is 17.8 Å². The van der Waals surface area contributed by atoms with E-state index in [1.807, 2.05) is 0 Å². The fraction of sp³-hybridized carbons (Fsp3) is 0.0484. The predicted molar refractivity (Wildman–Crippen MR) is 265 cm³/mol. The van der Waals surface area contributed by atoms with E-state index in [-0.39, 0.29) is 11.8 Å². The molecule has 2 atom stereocenters. The lowest BCUT2D eigenvalue weighted by atomic mass is 9.82. The number of benzene rings is 9. The van der Waals surface area contributed by atoms with Gasteiger partial charge in [-0.1, -0.05) is 194 Å². The molecule has 0 saturated heterocycles. The van der Waals surface area contributed by atoms with E-state index in [0.29, 0.717) is 0 Å². The van der Waals surface area contributed by atoms with Gasteiger partial charge in [-0.25, -0.2) is 4.98 Å². The average Bonchev–Trinajstić information content (AvgIpc) is 4.01. The molecule has 0 spiro atoms. The van der Waals surface area contributed by atoms with Gasteiger partial charge in [-0.15, -0.1) is 0 Å². The van der Waals surface area contributed by atoms with E-state index < -0.39 is 0 Å². The van der Waals surface area contributed by atoms with Gasteiger partial charge in [-0.3, -0.25) is 0 Å². The number of rotatable bonds is 6. The Morgan fingerprint density at radius 3 is 1.73 bits per heavy atom. The maximum atomic E-state index is 5.56. The largest absolute Gasteiger partial charge is 0.309 e. The summed E-state index contributed by atoms with van der Waals surface area (Å²) in [5.74, 6) is 0.0406. The van der Waals surface area contributed by atoms with Crippen LogP contribution >= 0.6 is 0 Å². The summed E-state index contributed by atoms with van der Waals surface area (Å²) >= 11 is 0. The second kappa shape index (κ2) is 14.5. The van der Waals surface area contributed by atoms with Crippen LogP contribution in [0.2, 0.25) is 0 Å². The molecule has 2 nitrogen and oxygen atoms in total. The third kappa shape index (κ3) is 5.42. The van der Waals surface area contributed by atoms with E-state index >= 15 is 0 Å². The molecule has 2 unspecified atom stereocenters. The third-order valence-corrected chi connectivity index (χ3v) is 14.0. The van der Waals surface area contributed by atoms with Crippen LogP contribution in [0.5, 0.6) is 0 Å². The van der Waals surface area contributed by atoms with Gasteiger partial charge in [0.25, 0.3) is 0 Å². The van der Waals surface area contributed by atoms with Crippen LogP contribution in [0, 0.1) is 6.92 Å². The minimum atomic E-state index is 0.0105. The lowest BCUT2D eigenvalue weighted by Crippen LogP contribution is -2.05. The first kappa shape index (κ1) is 36.6. The van der Waals surface area contributed by atoms with Crippen molar-refractivity contribution >= 4 is 21.8 Å². The Labute approximate surface area is 373 Å². The molecule has 300 valence electrons. The molecule has 0 bridgehead atoms. The van der Waals surface area contributed by atoms with Crippen LogP contribution in [0.15, 0.2) is 224 Å². The Kier molecular flexibility index (Phi) is 8.29. The lowest BCUT2D eigenvalue weighted by molar-refractivity contribution is 0.999. The Hall–Kier alpha value is -8.07. The summed E-state index contributed by atoms with van der Waals surface area (Å²) in [4.78, 5) is 5.56. The van der Waals surface area contributed by atoms with Crippen molar-refractivity contribution in [2.75, 3.05) is 0 Å². The fourth-order valence-corrected chi connectivity index (χ4v) is 11.3. The number of pyridine rings is 1. The van der Waals surface area contributed by atoms with Crippen molar-refractivity contribution in [3.8, 4) is 61.6 Å². The summed E-state index contributed by atoms with van der Waals surface area (Å²) in [6, 6.07) is 82.6. The number of fused-ring (bicyclic) bond motifs is 11. The molecule has 0 aliphatic heterocycles. The molecule has 11 aromatic rings. The number of aromatic nitrogens is 2. The molecular weight excluding hydrogens is 773 g/mol. The standard InChI is InChI=1S/C62H42N2/c1-39-52(40-20-6-2-7-21-40)38-53(63-62(39)42-24-10-4-11-25-42)44-28-14-15-29-45(44)57-46-30-16-17-31-47(46)58-51(57)35-34-48-49-36-37-55-59(61(49)56(60(48)58)41-22-8-3-9-23-41)50-32-18-19-33-54(50)64(55)43-26-12-5-13-27-43/h2-38,56-57H,1H3. The van der Waals surface area contributed by atoms with Gasteiger partial charge in [0.15, 0.2) is 0 Å². The van der Waals surface area contributed by atoms with Gasteiger partial charge in [0, 0.05) is 39.4 Å². The number of hydrogen-bond donors (Lipinski definition) is 0. The van der Waals surface area contributed by atoms with E-state index in [1.54, 1.807) is 0 Å². The van der Waals surface area contributed by atoms with Gasteiger partial charge in [0.1, 0.15) is 0 Å². The Morgan fingerprint density at radius 1 is 0.406 bits per heavy atom. The predicted octanol–water partition coefficient (Wildman–Crippen LogP) is 15.8. The van der Waals surface area contributed by atoms with Crippen LogP contribution in [0.25, 0.3) is 83.4 Å². The molecule has 9 aromatic carbocycles. The van der Waals surface area contributed by atoms with Gasteiger partial charge >= 0.3 is 0 Å². The van der Waals surface area contributed by atoms with Crippen molar-refractivity contribution < 1.29 is 0 Å². The first-order valence-corrected chi connectivity index (χ1v) is 22.4. The summed E-state index contributed by atoms with van der Waals surface area (Å²) in [5, 5.41) is 2.61. The van der Waals surface area contributed by atoms with Crippen molar-refractivity contribution in [1.82, 2.24) is 9.55 Å². The third-order valence-electron chi connectivity index (χ3n) is 14.0. The molecule has 2 heteroatoms. The highest BCUT2D eigenvalue weighted by atomic mass is 15.0. The quantitative estimate of drug-likeness (QED) is 0.163. The van der Waals surface area contributed by atoms with Crippen LogP contribution in [0.1, 0.15) is 50.8 Å². The van der Waals surface area contributed by atoms with Gasteiger partial charge < -0.3 is 4.57 Å². The van der Waals surface area contributed by atoms with Gasteiger partial charge in [-0.05, 0) is 110 Å². The summed E-state index contributed by atoms with van der Waals surface area (Å²) < 4.78 is 2.45. The first-order chi connectivity index (χ1) is 31.7. The van der Waals surface area contributed by atoms with Gasteiger partial charge in [0.2, 0.25) is 0 Å². The molecule has 2 aliphatic carbocycles. The number of nitrogens with zero attached hydrogens (tertiary/aromatic N) is 2. The van der Waals surface area contributed by atoms with E-state index in [4.69, 9.17) is 4.98 Å². The maximum Gasteiger partial charge on any atom is 0.0744 e. The SMILES string of the molecule is Cc1c(-c2ccccc2)cc(-c2ccccc2C2c3ccccc3-c3c2ccc2c3C(c3ccccc3)c3c-2ccc2c3c3ccccc3n2-c2ccccc2)nc1-c1ccccc1. The molecule has 13 rings (SSSR count). The van der Waals surface area contributed by atoms with Gasteiger partial charge in [-0.2, -0.15) is 0 Å².